The van der Waals surface area contributed by atoms with Gasteiger partial charge in [-0.05, 0) is 5.39 Å². The van der Waals surface area contributed by atoms with Crippen LogP contribution in [0.4, 0.5) is 5.82 Å². The monoisotopic (exact) mass is 236 g/mol. The Morgan fingerprint density at radius 2 is 1.83 bits per heavy atom. The van der Waals surface area contributed by atoms with Crippen molar-refractivity contribution in [1.29, 1.82) is 0 Å². The largest absolute Gasteiger partial charge is 0.371 e. The lowest BCUT2D eigenvalue weighted by atomic mass is 10.1. The van der Waals surface area contributed by atoms with Gasteiger partial charge in [0.25, 0.3) is 0 Å². The first kappa shape index (κ1) is 10.7. The molecule has 4 nitrogen and oxygen atoms in total. The number of benzene rings is 1. The highest BCUT2D eigenvalue weighted by Crippen LogP contribution is 2.29. The van der Waals surface area contributed by atoms with Crippen molar-refractivity contribution >= 4 is 16.6 Å². The topological polar surface area (TPSA) is 50.7 Å². The third-order valence-corrected chi connectivity index (χ3v) is 2.86. The number of pyridine rings is 1. The van der Waals surface area contributed by atoms with E-state index in [0.29, 0.717) is 0 Å². The van der Waals surface area contributed by atoms with Crippen molar-refractivity contribution in [2.75, 3.05) is 12.4 Å². The Morgan fingerprint density at radius 1 is 1.00 bits per heavy atom. The third-order valence-electron chi connectivity index (χ3n) is 2.86. The molecule has 3 rings (SSSR count). The van der Waals surface area contributed by atoms with Gasteiger partial charge in [0.2, 0.25) is 0 Å². The molecule has 0 radical (unpaired) electrons. The molecule has 0 spiro atoms. The van der Waals surface area contributed by atoms with Crippen molar-refractivity contribution in [3.63, 3.8) is 0 Å². The van der Waals surface area contributed by atoms with Crippen molar-refractivity contribution in [3.05, 3.63) is 49.1 Å². The molecule has 3 aromatic rings. The van der Waals surface area contributed by atoms with Crippen LogP contribution in [0.15, 0.2) is 49.1 Å². The number of nitrogens with zero attached hydrogens (tertiary/aromatic N) is 3. The summed E-state index contributed by atoms with van der Waals surface area (Å²) in [4.78, 5) is 13.0. The van der Waals surface area contributed by atoms with Gasteiger partial charge in [-0.25, -0.2) is 4.98 Å². The second-order valence-corrected chi connectivity index (χ2v) is 3.91. The third kappa shape index (κ3) is 1.68. The van der Waals surface area contributed by atoms with Crippen molar-refractivity contribution in [2.45, 2.75) is 0 Å². The standard InChI is InChI=1S/C14H12N4/c1-15-14-13(17-6-7-18-14)12-9-16-8-10-4-2-3-5-11(10)12/h2-9H,1H3,(H,15,18). The summed E-state index contributed by atoms with van der Waals surface area (Å²) in [5.41, 5.74) is 1.81. The van der Waals surface area contributed by atoms with E-state index in [1.54, 1.807) is 12.4 Å². The molecule has 0 atom stereocenters. The fraction of sp³-hybridized carbons (Fsp3) is 0.0714. The molecule has 4 heteroatoms. The summed E-state index contributed by atoms with van der Waals surface area (Å²) in [6, 6.07) is 8.13. The first-order chi connectivity index (χ1) is 8.90. The van der Waals surface area contributed by atoms with Gasteiger partial charge in [-0.2, -0.15) is 0 Å². The fourth-order valence-corrected chi connectivity index (χ4v) is 2.02. The van der Waals surface area contributed by atoms with Crippen molar-refractivity contribution in [1.82, 2.24) is 15.0 Å². The summed E-state index contributed by atoms with van der Waals surface area (Å²) in [7, 11) is 1.84. The molecule has 18 heavy (non-hydrogen) atoms. The molecule has 0 aliphatic carbocycles. The molecular weight excluding hydrogens is 224 g/mol. The minimum Gasteiger partial charge on any atom is -0.371 e. The number of rotatable bonds is 2. The SMILES string of the molecule is CNc1nccnc1-c1cncc2ccccc12. The van der Waals surface area contributed by atoms with Crippen LogP contribution >= 0.6 is 0 Å². The average molecular weight is 236 g/mol. The zero-order valence-electron chi connectivity index (χ0n) is 9.96. The second-order valence-electron chi connectivity index (χ2n) is 3.91. The summed E-state index contributed by atoms with van der Waals surface area (Å²) >= 11 is 0. The van der Waals surface area contributed by atoms with E-state index >= 15 is 0 Å². The predicted molar refractivity (Wildman–Crippen MR) is 72.3 cm³/mol. The minimum absolute atomic E-state index is 0.760. The van der Waals surface area contributed by atoms with E-state index < -0.39 is 0 Å². The molecule has 1 N–H and O–H groups in total. The molecule has 0 saturated heterocycles. The van der Waals surface area contributed by atoms with Crippen LogP contribution in [0.3, 0.4) is 0 Å². The van der Waals surface area contributed by atoms with E-state index in [2.05, 4.69) is 26.3 Å². The molecule has 0 aliphatic rings. The molecule has 1 aromatic carbocycles. The maximum Gasteiger partial charge on any atom is 0.152 e. The van der Waals surface area contributed by atoms with E-state index in [0.717, 1.165) is 27.8 Å². The van der Waals surface area contributed by atoms with Gasteiger partial charge in [0.15, 0.2) is 5.82 Å². The summed E-state index contributed by atoms with van der Waals surface area (Å²) in [5.74, 6) is 0.760. The average Bonchev–Trinajstić information content (AvgIpc) is 2.46. The maximum atomic E-state index is 4.40. The lowest BCUT2D eigenvalue weighted by molar-refractivity contribution is 1.19. The Kier molecular flexibility index (Phi) is 2.61. The quantitative estimate of drug-likeness (QED) is 0.743. The summed E-state index contributed by atoms with van der Waals surface area (Å²) in [6.07, 6.45) is 7.05. The van der Waals surface area contributed by atoms with Crippen LogP contribution in [0.2, 0.25) is 0 Å². The Hall–Kier alpha value is -2.49. The van der Waals surface area contributed by atoms with Gasteiger partial charge in [-0.1, -0.05) is 24.3 Å². The van der Waals surface area contributed by atoms with Crippen LogP contribution < -0.4 is 5.32 Å². The lowest BCUT2D eigenvalue weighted by Crippen LogP contribution is -1.98. The number of fused-ring (bicyclic) bond motifs is 1. The fourth-order valence-electron chi connectivity index (χ4n) is 2.02. The zero-order valence-corrected chi connectivity index (χ0v) is 9.96. The van der Waals surface area contributed by atoms with Crippen LogP contribution in [0.25, 0.3) is 22.0 Å². The Balaban J connectivity index is 2.32. The molecule has 0 amide bonds. The first-order valence-electron chi connectivity index (χ1n) is 5.72. The smallest absolute Gasteiger partial charge is 0.152 e. The molecular formula is C14H12N4. The number of aromatic nitrogens is 3. The predicted octanol–water partition coefficient (Wildman–Crippen LogP) is 2.73. The van der Waals surface area contributed by atoms with Gasteiger partial charge in [0.1, 0.15) is 5.69 Å². The number of hydrogen-bond donors (Lipinski definition) is 1. The van der Waals surface area contributed by atoms with Gasteiger partial charge in [0, 0.05) is 42.8 Å². The highest BCUT2D eigenvalue weighted by molar-refractivity contribution is 5.96. The van der Waals surface area contributed by atoms with Crippen molar-refractivity contribution in [2.24, 2.45) is 0 Å². The van der Waals surface area contributed by atoms with Crippen molar-refractivity contribution in [3.8, 4) is 11.3 Å². The van der Waals surface area contributed by atoms with Crippen LogP contribution in [-0.2, 0) is 0 Å². The van der Waals surface area contributed by atoms with E-state index in [9.17, 15) is 0 Å². The molecule has 0 saturated carbocycles. The Morgan fingerprint density at radius 3 is 2.72 bits per heavy atom. The number of nitrogens with one attached hydrogen (secondary N) is 1. The highest BCUT2D eigenvalue weighted by Gasteiger charge is 2.10. The molecule has 0 bridgehead atoms. The summed E-state index contributed by atoms with van der Waals surface area (Å²) in [5, 5.41) is 5.29. The molecule has 0 unspecified atom stereocenters. The second kappa shape index (κ2) is 4.41. The normalized spacial score (nSPS) is 10.5. The zero-order chi connectivity index (χ0) is 12.4. The Labute approximate surface area is 105 Å². The van der Waals surface area contributed by atoms with Gasteiger partial charge in [0.05, 0.1) is 0 Å². The van der Waals surface area contributed by atoms with Gasteiger partial charge in [-0.3, -0.25) is 9.97 Å². The van der Waals surface area contributed by atoms with Gasteiger partial charge >= 0.3 is 0 Å². The number of hydrogen-bond acceptors (Lipinski definition) is 4. The maximum absolute atomic E-state index is 4.40. The van der Waals surface area contributed by atoms with E-state index in [4.69, 9.17) is 0 Å². The molecule has 88 valence electrons. The summed E-state index contributed by atoms with van der Waals surface area (Å²) in [6.45, 7) is 0. The van der Waals surface area contributed by atoms with E-state index in [1.165, 1.54) is 0 Å². The van der Waals surface area contributed by atoms with Gasteiger partial charge < -0.3 is 5.32 Å². The first-order valence-corrected chi connectivity index (χ1v) is 5.72. The summed E-state index contributed by atoms with van der Waals surface area (Å²) < 4.78 is 0. The molecule has 2 aromatic heterocycles. The van der Waals surface area contributed by atoms with Crippen molar-refractivity contribution < 1.29 is 0 Å². The van der Waals surface area contributed by atoms with E-state index in [1.807, 2.05) is 37.6 Å². The lowest BCUT2D eigenvalue weighted by Gasteiger charge is -2.08. The number of anilines is 1. The molecule has 0 fully saturated rings. The molecule has 0 aliphatic heterocycles. The Bertz CT molecular complexity index is 689. The van der Waals surface area contributed by atoms with Crippen LogP contribution in [0.1, 0.15) is 0 Å². The van der Waals surface area contributed by atoms with Gasteiger partial charge in [-0.15, -0.1) is 0 Å². The van der Waals surface area contributed by atoms with Crippen LogP contribution in [0, 0.1) is 0 Å². The molecule has 2 heterocycles. The van der Waals surface area contributed by atoms with Crippen LogP contribution in [0.5, 0.6) is 0 Å². The van der Waals surface area contributed by atoms with E-state index in [-0.39, 0.29) is 0 Å². The van der Waals surface area contributed by atoms with Crippen LogP contribution in [-0.4, -0.2) is 22.0 Å². The highest BCUT2D eigenvalue weighted by atomic mass is 15.0. The minimum atomic E-state index is 0.760.